The Morgan fingerprint density at radius 1 is 1.08 bits per heavy atom. The lowest BCUT2D eigenvalue weighted by molar-refractivity contribution is 0.411. The smallest absolute Gasteiger partial charge is 0.332 e. The molecule has 0 radical (unpaired) electrons. The highest BCUT2D eigenvalue weighted by molar-refractivity contribution is 5.76. The van der Waals surface area contributed by atoms with Gasteiger partial charge in [0, 0.05) is 14.1 Å². The second-order valence-corrected chi connectivity index (χ2v) is 5.97. The van der Waals surface area contributed by atoms with E-state index in [2.05, 4.69) is 9.97 Å². The number of imidazole rings is 1. The van der Waals surface area contributed by atoms with E-state index in [9.17, 15) is 9.59 Å². The molecule has 7 nitrogen and oxygen atoms in total. The van der Waals surface area contributed by atoms with Crippen LogP contribution in [0.3, 0.4) is 0 Å². The molecule has 3 rings (SSSR count). The Labute approximate surface area is 144 Å². The van der Waals surface area contributed by atoms with Gasteiger partial charge in [0.2, 0.25) is 0 Å². The lowest BCUT2D eigenvalue weighted by atomic mass is 10.0. The number of H-pyrrole nitrogens is 1. The Kier molecular flexibility index (Phi) is 4.08. The van der Waals surface area contributed by atoms with E-state index < -0.39 is 5.69 Å². The number of hydrogen-bond donors (Lipinski definition) is 1. The van der Waals surface area contributed by atoms with Gasteiger partial charge >= 0.3 is 5.69 Å². The number of hydrogen-bond acceptors (Lipinski definition) is 4. The summed E-state index contributed by atoms with van der Waals surface area (Å²) in [5.41, 5.74) is 3.08. The zero-order valence-corrected chi connectivity index (χ0v) is 14.9. The van der Waals surface area contributed by atoms with Gasteiger partial charge < -0.3 is 9.72 Å². The summed E-state index contributed by atoms with van der Waals surface area (Å²) in [6.07, 6.45) is 3.71. The first kappa shape index (κ1) is 16.8. The van der Waals surface area contributed by atoms with Crippen LogP contribution in [0.15, 0.2) is 21.7 Å². The van der Waals surface area contributed by atoms with Crippen LogP contribution < -0.4 is 16.0 Å². The first-order valence-corrected chi connectivity index (χ1v) is 7.83. The molecule has 0 saturated heterocycles. The molecule has 0 bridgehead atoms. The molecule has 2 heterocycles. The number of nitrogens with one attached hydrogen (secondary N) is 1. The van der Waals surface area contributed by atoms with Crippen molar-refractivity contribution in [2.24, 2.45) is 14.1 Å². The van der Waals surface area contributed by atoms with Gasteiger partial charge in [-0.1, -0.05) is 12.1 Å². The summed E-state index contributed by atoms with van der Waals surface area (Å²) in [6, 6.07) is 3.88. The summed E-state index contributed by atoms with van der Waals surface area (Å²) in [4.78, 5) is 31.5. The van der Waals surface area contributed by atoms with Crippen molar-refractivity contribution in [1.82, 2.24) is 19.1 Å². The standard InChI is InChI=1S/C18H20N4O3/c1-10-11(2)13(25-5)8-6-12(10)7-9-14-19-15-16(20-14)21(3)18(24)22(4)17(15)23/h6-9H,1-5H3,(H,19,20). The second-order valence-electron chi connectivity index (χ2n) is 5.97. The summed E-state index contributed by atoms with van der Waals surface area (Å²) >= 11 is 0. The van der Waals surface area contributed by atoms with Gasteiger partial charge in [0.25, 0.3) is 5.56 Å². The van der Waals surface area contributed by atoms with E-state index >= 15 is 0 Å². The monoisotopic (exact) mass is 340 g/mol. The van der Waals surface area contributed by atoms with Crippen LogP contribution >= 0.6 is 0 Å². The molecule has 0 aliphatic carbocycles. The third kappa shape index (κ3) is 2.67. The average molecular weight is 340 g/mol. The zero-order valence-electron chi connectivity index (χ0n) is 14.9. The minimum Gasteiger partial charge on any atom is -0.496 e. The maximum atomic E-state index is 12.2. The van der Waals surface area contributed by atoms with Crippen molar-refractivity contribution in [3.05, 3.63) is 55.5 Å². The number of aromatic nitrogens is 4. The largest absolute Gasteiger partial charge is 0.496 e. The molecule has 1 N–H and O–H groups in total. The second kappa shape index (κ2) is 6.08. The minimum atomic E-state index is -0.402. The van der Waals surface area contributed by atoms with Gasteiger partial charge in [-0.05, 0) is 42.7 Å². The van der Waals surface area contributed by atoms with Crippen molar-refractivity contribution in [2.75, 3.05) is 7.11 Å². The average Bonchev–Trinajstić information content (AvgIpc) is 3.04. The minimum absolute atomic E-state index is 0.312. The fourth-order valence-corrected chi connectivity index (χ4v) is 2.81. The molecule has 0 aliphatic heterocycles. The molecular formula is C18H20N4O3. The number of aryl methyl sites for hydroxylation is 1. The summed E-state index contributed by atoms with van der Waals surface area (Å²) in [7, 11) is 4.69. The van der Waals surface area contributed by atoms with Crippen LogP contribution in [0.1, 0.15) is 22.5 Å². The quantitative estimate of drug-likeness (QED) is 0.788. The first-order valence-electron chi connectivity index (χ1n) is 7.83. The van der Waals surface area contributed by atoms with Crippen molar-refractivity contribution in [2.45, 2.75) is 13.8 Å². The molecule has 2 aromatic heterocycles. The highest BCUT2D eigenvalue weighted by atomic mass is 16.5. The van der Waals surface area contributed by atoms with Gasteiger partial charge in [-0.25, -0.2) is 9.78 Å². The third-order valence-corrected chi connectivity index (χ3v) is 4.53. The fraction of sp³-hybridized carbons (Fsp3) is 0.278. The zero-order chi connectivity index (χ0) is 18.3. The van der Waals surface area contributed by atoms with E-state index in [-0.39, 0.29) is 5.56 Å². The number of benzene rings is 1. The predicted molar refractivity (Wildman–Crippen MR) is 98.0 cm³/mol. The van der Waals surface area contributed by atoms with Crippen molar-refractivity contribution in [3.63, 3.8) is 0 Å². The number of rotatable bonds is 3. The van der Waals surface area contributed by atoms with Gasteiger partial charge in [-0.15, -0.1) is 0 Å². The summed E-state index contributed by atoms with van der Waals surface area (Å²) in [6.45, 7) is 4.03. The Balaban J connectivity index is 2.08. The molecule has 0 fully saturated rings. The van der Waals surface area contributed by atoms with Crippen LogP contribution in [-0.2, 0) is 14.1 Å². The summed E-state index contributed by atoms with van der Waals surface area (Å²) in [5, 5.41) is 0. The number of methoxy groups -OCH3 is 1. The van der Waals surface area contributed by atoms with Crippen LogP contribution in [0, 0.1) is 13.8 Å². The van der Waals surface area contributed by atoms with E-state index in [4.69, 9.17) is 4.74 Å². The third-order valence-electron chi connectivity index (χ3n) is 4.53. The highest BCUT2D eigenvalue weighted by Crippen LogP contribution is 2.25. The van der Waals surface area contributed by atoms with Crippen molar-refractivity contribution in [1.29, 1.82) is 0 Å². The lowest BCUT2D eigenvalue weighted by Crippen LogP contribution is -2.36. The lowest BCUT2D eigenvalue weighted by Gasteiger charge is -2.09. The highest BCUT2D eigenvalue weighted by Gasteiger charge is 2.12. The van der Waals surface area contributed by atoms with E-state index in [1.165, 1.54) is 11.6 Å². The molecule has 3 aromatic rings. The fourth-order valence-electron chi connectivity index (χ4n) is 2.81. The molecular weight excluding hydrogens is 320 g/mol. The van der Waals surface area contributed by atoms with Crippen molar-refractivity contribution >= 4 is 23.3 Å². The number of nitrogens with zero attached hydrogens (tertiary/aromatic N) is 3. The van der Waals surface area contributed by atoms with Crippen LogP contribution in [0.25, 0.3) is 23.3 Å². The number of fused-ring (bicyclic) bond motifs is 1. The van der Waals surface area contributed by atoms with E-state index in [1.807, 2.05) is 32.1 Å². The Morgan fingerprint density at radius 3 is 2.48 bits per heavy atom. The molecule has 25 heavy (non-hydrogen) atoms. The van der Waals surface area contributed by atoms with Gasteiger partial charge in [0.05, 0.1) is 7.11 Å². The van der Waals surface area contributed by atoms with E-state index in [0.29, 0.717) is 17.0 Å². The SMILES string of the molecule is COc1ccc(C=Cc2nc3c([nH]2)c(=O)n(C)c(=O)n3C)c(C)c1C. The molecule has 0 unspecified atom stereocenters. The summed E-state index contributed by atoms with van der Waals surface area (Å²) < 4.78 is 7.74. The normalized spacial score (nSPS) is 11.6. The van der Waals surface area contributed by atoms with Gasteiger partial charge in [0.1, 0.15) is 17.1 Å². The molecule has 0 amide bonds. The van der Waals surface area contributed by atoms with Crippen LogP contribution in [0.2, 0.25) is 0 Å². The Morgan fingerprint density at radius 2 is 1.80 bits per heavy atom. The maximum Gasteiger partial charge on any atom is 0.332 e. The van der Waals surface area contributed by atoms with Gasteiger partial charge in [-0.3, -0.25) is 13.9 Å². The van der Waals surface area contributed by atoms with Crippen LogP contribution in [0.4, 0.5) is 0 Å². The van der Waals surface area contributed by atoms with E-state index in [0.717, 1.165) is 27.0 Å². The molecule has 1 aromatic carbocycles. The molecule has 0 saturated carbocycles. The molecule has 0 atom stereocenters. The van der Waals surface area contributed by atoms with Crippen molar-refractivity contribution in [3.8, 4) is 5.75 Å². The first-order chi connectivity index (χ1) is 11.8. The Bertz CT molecular complexity index is 1120. The molecule has 7 heteroatoms. The van der Waals surface area contributed by atoms with Crippen molar-refractivity contribution < 1.29 is 4.74 Å². The summed E-state index contributed by atoms with van der Waals surface area (Å²) in [5.74, 6) is 1.36. The molecule has 130 valence electrons. The number of ether oxygens (including phenoxy) is 1. The Hall–Kier alpha value is -3.09. The van der Waals surface area contributed by atoms with Crippen LogP contribution in [0.5, 0.6) is 5.75 Å². The molecule has 0 spiro atoms. The predicted octanol–water partition coefficient (Wildman–Crippen LogP) is 1.76. The molecule has 0 aliphatic rings. The van der Waals surface area contributed by atoms with E-state index in [1.54, 1.807) is 20.2 Å². The van der Waals surface area contributed by atoms with Gasteiger partial charge in [-0.2, -0.15) is 0 Å². The number of aromatic amines is 1. The van der Waals surface area contributed by atoms with Gasteiger partial charge in [0.15, 0.2) is 5.65 Å². The topological polar surface area (TPSA) is 81.9 Å². The maximum absolute atomic E-state index is 12.2. The van der Waals surface area contributed by atoms with Crippen LogP contribution in [-0.4, -0.2) is 26.2 Å².